The molecule has 8 heteroatoms. The third-order valence-electron chi connectivity index (χ3n) is 6.51. The van der Waals surface area contributed by atoms with Gasteiger partial charge in [0.2, 0.25) is 5.91 Å². The molecule has 2 aromatic heterocycles. The summed E-state index contributed by atoms with van der Waals surface area (Å²) in [7, 11) is 0. The van der Waals surface area contributed by atoms with Crippen LogP contribution in [0.2, 0.25) is 0 Å². The van der Waals surface area contributed by atoms with Crippen LogP contribution >= 0.6 is 23.1 Å². The lowest BCUT2D eigenvalue weighted by Gasteiger charge is -2.20. The van der Waals surface area contributed by atoms with Gasteiger partial charge in [-0.05, 0) is 57.1 Å². The van der Waals surface area contributed by atoms with E-state index >= 15 is 0 Å². The van der Waals surface area contributed by atoms with Gasteiger partial charge in [0, 0.05) is 11.5 Å². The quantitative estimate of drug-likeness (QED) is 0.396. The summed E-state index contributed by atoms with van der Waals surface area (Å²) in [6.07, 6.45) is 5.07. The number of rotatable bonds is 7. The zero-order valence-corrected chi connectivity index (χ0v) is 20.6. The fourth-order valence-electron chi connectivity index (χ4n) is 4.67. The molecule has 6 nitrogen and oxygen atoms in total. The number of carbonyl (C=O) groups excluding carboxylic acids is 1. The predicted molar refractivity (Wildman–Crippen MR) is 133 cm³/mol. The number of fused-ring (bicyclic) bond motifs is 3. The number of nitrogens with one attached hydrogen (secondary N) is 1. The highest BCUT2D eigenvalue weighted by Crippen LogP contribution is 2.36. The lowest BCUT2D eigenvalue weighted by atomic mass is 10.1. The second-order valence-electron chi connectivity index (χ2n) is 8.88. The van der Waals surface area contributed by atoms with Crippen molar-refractivity contribution in [3.63, 3.8) is 0 Å². The summed E-state index contributed by atoms with van der Waals surface area (Å²) in [5, 5.41) is 4.10. The number of hydrogen-bond donors (Lipinski definition) is 1. The Balaban J connectivity index is 1.42. The number of aromatic nitrogens is 2. The van der Waals surface area contributed by atoms with Crippen LogP contribution < -0.4 is 10.9 Å². The smallest absolute Gasteiger partial charge is 0.263 e. The first kappa shape index (κ1) is 22.6. The summed E-state index contributed by atoms with van der Waals surface area (Å²) in [5.41, 5.74) is 2.27. The number of benzene rings is 1. The van der Waals surface area contributed by atoms with Gasteiger partial charge in [0.15, 0.2) is 5.16 Å². The molecule has 1 amide bonds. The number of aryl methyl sites for hydroxylation is 2. The third-order valence-corrected chi connectivity index (χ3v) is 8.79. The second-order valence-corrected chi connectivity index (χ2v) is 11.3. The molecule has 0 bridgehead atoms. The number of hydrogen-bond acceptors (Lipinski definition) is 6. The Kier molecular flexibility index (Phi) is 6.58. The fraction of sp³-hybridized carbons (Fsp3) is 0.480. The summed E-state index contributed by atoms with van der Waals surface area (Å²) in [4.78, 5) is 33.6. The van der Waals surface area contributed by atoms with Gasteiger partial charge in [-0.1, -0.05) is 42.1 Å². The van der Waals surface area contributed by atoms with E-state index in [-0.39, 0.29) is 28.9 Å². The third kappa shape index (κ3) is 4.61. The molecule has 1 saturated heterocycles. The largest absolute Gasteiger partial charge is 0.376 e. The molecule has 0 spiro atoms. The molecule has 3 unspecified atom stereocenters. The van der Waals surface area contributed by atoms with E-state index < -0.39 is 0 Å². The van der Waals surface area contributed by atoms with Crippen LogP contribution in [0.25, 0.3) is 10.2 Å². The van der Waals surface area contributed by atoms with Crippen LogP contribution in [0, 0.1) is 0 Å². The molecule has 33 heavy (non-hydrogen) atoms. The van der Waals surface area contributed by atoms with Crippen molar-refractivity contribution in [1.29, 1.82) is 0 Å². The number of ether oxygens (including phenoxy) is 1. The highest BCUT2D eigenvalue weighted by molar-refractivity contribution is 8.00. The maximum absolute atomic E-state index is 13.6. The topological polar surface area (TPSA) is 73.2 Å². The predicted octanol–water partition coefficient (Wildman–Crippen LogP) is 4.48. The van der Waals surface area contributed by atoms with Crippen molar-refractivity contribution in [1.82, 2.24) is 14.9 Å². The van der Waals surface area contributed by atoms with E-state index in [0.29, 0.717) is 11.7 Å². The van der Waals surface area contributed by atoms with Gasteiger partial charge in [0.1, 0.15) is 4.83 Å². The van der Waals surface area contributed by atoms with Crippen LogP contribution in [0.3, 0.4) is 0 Å². The van der Waals surface area contributed by atoms with E-state index in [1.54, 1.807) is 15.9 Å². The fourth-order valence-corrected chi connectivity index (χ4v) is 6.90. The van der Waals surface area contributed by atoms with Gasteiger partial charge < -0.3 is 10.1 Å². The second kappa shape index (κ2) is 9.60. The normalized spacial score (nSPS) is 19.5. The van der Waals surface area contributed by atoms with Crippen LogP contribution in [-0.4, -0.2) is 33.4 Å². The summed E-state index contributed by atoms with van der Waals surface area (Å²) in [6, 6.07) is 9.83. The Morgan fingerprint density at radius 2 is 2.09 bits per heavy atom. The highest BCUT2D eigenvalue weighted by atomic mass is 32.2. The minimum absolute atomic E-state index is 0.0164. The van der Waals surface area contributed by atoms with Crippen molar-refractivity contribution in [2.24, 2.45) is 0 Å². The highest BCUT2D eigenvalue weighted by Gasteiger charge is 2.27. The maximum Gasteiger partial charge on any atom is 0.263 e. The van der Waals surface area contributed by atoms with Crippen molar-refractivity contribution in [2.45, 2.75) is 75.0 Å². The van der Waals surface area contributed by atoms with Gasteiger partial charge in [-0.25, -0.2) is 4.98 Å². The molecule has 1 aliphatic carbocycles. The van der Waals surface area contributed by atoms with Crippen molar-refractivity contribution in [3.05, 3.63) is 56.7 Å². The number of thiophene rings is 1. The summed E-state index contributed by atoms with van der Waals surface area (Å²) >= 11 is 3.00. The molecule has 0 radical (unpaired) electrons. The SMILES string of the molecule is CC(Sc1nc2sc3c(c2c(=O)n1CC1CCCO1)CCC3)C(=O)NC(C)c1ccccc1. The van der Waals surface area contributed by atoms with Gasteiger partial charge in [0.25, 0.3) is 5.56 Å². The van der Waals surface area contributed by atoms with E-state index in [2.05, 4.69) is 5.32 Å². The summed E-state index contributed by atoms with van der Waals surface area (Å²) in [5.74, 6) is -0.0666. The van der Waals surface area contributed by atoms with Crippen LogP contribution in [-0.2, 0) is 28.9 Å². The Labute approximate surface area is 201 Å². The molecule has 3 aromatic rings. The number of thioether (sulfide) groups is 1. The van der Waals surface area contributed by atoms with Gasteiger partial charge in [-0.2, -0.15) is 0 Å². The zero-order valence-electron chi connectivity index (χ0n) is 19.0. The monoisotopic (exact) mass is 483 g/mol. The molecule has 3 heterocycles. The minimum atomic E-state index is -0.386. The average Bonchev–Trinajstić information content (AvgIpc) is 3.54. The van der Waals surface area contributed by atoms with E-state index in [0.717, 1.165) is 54.5 Å². The first-order chi connectivity index (χ1) is 16.0. The van der Waals surface area contributed by atoms with Crippen molar-refractivity contribution in [2.75, 3.05) is 6.61 Å². The van der Waals surface area contributed by atoms with Crippen LogP contribution in [0.15, 0.2) is 40.3 Å². The van der Waals surface area contributed by atoms with E-state index in [9.17, 15) is 9.59 Å². The molecule has 3 atom stereocenters. The van der Waals surface area contributed by atoms with Crippen LogP contribution in [0.5, 0.6) is 0 Å². The minimum Gasteiger partial charge on any atom is -0.376 e. The Bertz CT molecular complexity index is 1220. The van der Waals surface area contributed by atoms with E-state index in [1.807, 2.05) is 44.2 Å². The van der Waals surface area contributed by atoms with Crippen molar-refractivity contribution >= 4 is 39.2 Å². The number of nitrogens with zero attached hydrogens (tertiary/aromatic N) is 2. The first-order valence-electron chi connectivity index (χ1n) is 11.7. The molecule has 174 valence electrons. The number of carbonyl (C=O) groups is 1. The lowest BCUT2D eigenvalue weighted by molar-refractivity contribution is -0.120. The Hall–Kier alpha value is -2.16. The summed E-state index contributed by atoms with van der Waals surface area (Å²) in [6.45, 7) is 5.08. The zero-order chi connectivity index (χ0) is 22.9. The van der Waals surface area contributed by atoms with Gasteiger partial charge >= 0.3 is 0 Å². The van der Waals surface area contributed by atoms with E-state index in [1.165, 1.54) is 22.2 Å². The van der Waals surface area contributed by atoms with E-state index in [4.69, 9.17) is 9.72 Å². The average molecular weight is 484 g/mol. The van der Waals surface area contributed by atoms with Crippen LogP contribution in [0.1, 0.15) is 55.2 Å². The first-order valence-corrected chi connectivity index (χ1v) is 13.4. The maximum atomic E-state index is 13.6. The standard InChI is InChI=1S/C25H29N3O3S2/c1-15(17-8-4-3-5-9-17)26-22(29)16(2)32-25-27-23-21(19-11-6-12-20(19)33-23)24(30)28(25)14-18-10-7-13-31-18/h3-5,8-9,15-16,18H,6-7,10-14H2,1-2H3,(H,26,29). The van der Waals surface area contributed by atoms with Gasteiger partial charge in [-0.3, -0.25) is 14.2 Å². The van der Waals surface area contributed by atoms with Crippen molar-refractivity contribution < 1.29 is 9.53 Å². The molecule has 1 aromatic carbocycles. The van der Waals surface area contributed by atoms with Gasteiger partial charge in [0.05, 0.1) is 29.3 Å². The van der Waals surface area contributed by atoms with Gasteiger partial charge in [-0.15, -0.1) is 11.3 Å². The van der Waals surface area contributed by atoms with Crippen molar-refractivity contribution in [3.8, 4) is 0 Å². The molecular weight excluding hydrogens is 454 g/mol. The molecule has 1 N–H and O–H groups in total. The molecule has 5 rings (SSSR count). The number of amides is 1. The Morgan fingerprint density at radius 3 is 2.85 bits per heavy atom. The molecule has 1 fully saturated rings. The molecule has 2 aliphatic rings. The molecule has 0 saturated carbocycles. The summed E-state index contributed by atoms with van der Waals surface area (Å²) < 4.78 is 7.60. The Morgan fingerprint density at radius 1 is 1.27 bits per heavy atom. The lowest BCUT2D eigenvalue weighted by Crippen LogP contribution is -2.34. The molecular formula is C25H29N3O3S2. The van der Waals surface area contributed by atoms with Crippen LogP contribution in [0.4, 0.5) is 0 Å². The molecule has 1 aliphatic heterocycles.